The summed E-state index contributed by atoms with van der Waals surface area (Å²) >= 11 is 0. The first kappa shape index (κ1) is 12.9. The molecule has 0 saturated heterocycles. The lowest BCUT2D eigenvalue weighted by molar-refractivity contribution is 0.338. The highest BCUT2D eigenvalue weighted by atomic mass is 28.4. The van der Waals surface area contributed by atoms with E-state index in [1.165, 1.54) is 25.7 Å². The van der Waals surface area contributed by atoms with Crippen LogP contribution in [-0.4, -0.2) is 14.9 Å². The highest BCUT2D eigenvalue weighted by molar-refractivity contribution is 6.76. The van der Waals surface area contributed by atoms with E-state index in [9.17, 15) is 0 Å². The zero-order valence-electron chi connectivity index (χ0n) is 9.60. The van der Waals surface area contributed by atoms with Crippen molar-refractivity contribution < 1.29 is 4.43 Å². The van der Waals surface area contributed by atoms with Crippen molar-refractivity contribution >= 4 is 8.32 Å². The van der Waals surface area contributed by atoms with Crippen molar-refractivity contribution in [3.8, 4) is 0 Å². The Morgan fingerprint density at radius 1 is 1.15 bits per heavy atom. The van der Waals surface area contributed by atoms with Gasteiger partial charge in [-0.2, -0.15) is 0 Å². The molecular formula is C11H24OSi. The molecular weight excluding hydrogens is 176 g/mol. The van der Waals surface area contributed by atoms with Crippen LogP contribution in [0.5, 0.6) is 0 Å². The van der Waals surface area contributed by atoms with Gasteiger partial charge in [-0.3, -0.25) is 0 Å². The molecule has 1 nitrogen and oxygen atoms in total. The minimum atomic E-state index is -1.44. The van der Waals surface area contributed by atoms with Gasteiger partial charge < -0.3 is 4.43 Å². The molecule has 13 heavy (non-hydrogen) atoms. The Morgan fingerprint density at radius 3 is 2.38 bits per heavy atom. The van der Waals surface area contributed by atoms with E-state index in [0.717, 1.165) is 6.61 Å². The van der Waals surface area contributed by atoms with Crippen LogP contribution in [0.4, 0.5) is 0 Å². The maximum Gasteiger partial charge on any atom is 0.210 e. The van der Waals surface area contributed by atoms with E-state index >= 15 is 0 Å². The van der Waals surface area contributed by atoms with E-state index in [1.807, 2.05) is 0 Å². The molecule has 0 saturated carbocycles. The van der Waals surface area contributed by atoms with Crippen LogP contribution in [-0.2, 0) is 4.43 Å². The SMILES string of the molecule is CCCCC/C=C/[Si](C)(C)OCC. The second kappa shape index (κ2) is 7.33. The molecule has 78 valence electrons. The predicted octanol–water partition coefficient (Wildman–Crippen LogP) is 3.90. The topological polar surface area (TPSA) is 9.23 Å². The van der Waals surface area contributed by atoms with E-state index in [2.05, 4.69) is 38.7 Å². The van der Waals surface area contributed by atoms with Crippen molar-refractivity contribution in [2.45, 2.75) is 52.6 Å². The van der Waals surface area contributed by atoms with Gasteiger partial charge in [-0.15, -0.1) is 0 Å². The quantitative estimate of drug-likeness (QED) is 0.447. The Kier molecular flexibility index (Phi) is 7.29. The largest absolute Gasteiger partial charge is 0.414 e. The van der Waals surface area contributed by atoms with Gasteiger partial charge in [0.05, 0.1) is 0 Å². The first-order chi connectivity index (χ1) is 6.12. The maximum atomic E-state index is 5.69. The minimum absolute atomic E-state index is 0.846. The van der Waals surface area contributed by atoms with E-state index in [0.29, 0.717) is 0 Å². The molecule has 2 heteroatoms. The summed E-state index contributed by atoms with van der Waals surface area (Å²) in [4.78, 5) is 0. The monoisotopic (exact) mass is 200 g/mol. The average molecular weight is 200 g/mol. The summed E-state index contributed by atoms with van der Waals surface area (Å²) in [5.41, 5.74) is 2.31. The summed E-state index contributed by atoms with van der Waals surface area (Å²) in [6.07, 6.45) is 7.50. The van der Waals surface area contributed by atoms with Crippen molar-refractivity contribution in [3.05, 3.63) is 11.8 Å². The van der Waals surface area contributed by atoms with Gasteiger partial charge in [0.1, 0.15) is 0 Å². The summed E-state index contributed by atoms with van der Waals surface area (Å²) in [5, 5.41) is 0. The van der Waals surface area contributed by atoms with Gasteiger partial charge in [0.15, 0.2) is 0 Å². The van der Waals surface area contributed by atoms with Crippen molar-refractivity contribution in [2.75, 3.05) is 6.61 Å². The third-order valence-corrected chi connectivity index (χ3v) is 4.08. The lowest BCUT2D eigenvalue weighted by Gasteiger charge is -2.16. The number of hydrogen-bond acceptors (Lipinski definition) is 1. The molecule has 0 aliphatic rings. The Bertz CT molecular complexity index is 141. The lowest BCUT2D eigenvalue weighted by Crippen LogP contribution is -2.27. The van der Waals surface area contributed by atoms with Crippen LogP contribution < -0.4 is 0 Å². The maximum absolute atomic E-state index is 5.69. The smallest absolute Gasteiger partial charge is 0.210 e. The van der Waals surface area contributed by atoms with Gasteiger partial charge in [-0.1, -0.05) is 31.5 Å². The van der Waals surface area contributed by atoms with Crippen LogP contribution in [0.3, 0.4) is 0 Å². The molecule has 0 radical (unpaired) electrons. The molecule has 0 fully saturated rings. The average Bonchev–Trinajstić information content (AvgIpc) is 2.04. The predicted molar refractivity (Wildman–Crippen MR) is 62.4 cm³/mol. The summed E-state index contributed by atoms with van der Waals surface area (Å²) in [5.74, 6) is 0. The molecule has 0 aliphatic heterocycles. The number of allylic oxidation sites excluding steroid dienone is 1. The van der Waals surface area contributed by atoms with Gasteiger partial charge in [-0.25, -0.2) is 0 Å². The molecule has 0 aromatic rings. The van der Waals surface area contributed by atoms with Crippen LogP contribution >= 0.6 is 0 Å². The summed E-state index contributed by atoms with van der Waals surface area (Å²) in [6, 6.07) is 0. The van der Waals surface area contributed by atoms with Crippen LogP contribution in [0.2, 0.25) is 13.1 Å². The second-order valence-corrected chi connectivity index (χ2v) is 7.76. The molecule has 0 aliphatic carbocycles. The molecule has 0 unspecified atom stereocenters. The number of hydrogen-bond donors (Lipinski definition) is 0. The highest BCUT2D eigenvalue weighted by Crippen LogP contribution is 2.08. The fourth-order valence-corrected chi connectivity index (χ4v) is 2.87. The summed E-state index contributed by atoms with van der Waals surface area (Å²) in [6.45, 7) is 9.64. The Morgan fingerprint density at radius 2 is 1.85 bits per heavy atom. The molecule has 0 heterocycles. The fraction of sp³-hybridized carbons (Fsp3) is 0.818. The third-order valence-electron chi connectivity index (χ3n) is 2.01. The molecule has 0 bridgehead atoms. The van der Waals surface area contributed by atoms with Gasteiger partial charge in [0.25, 0.3) is 0 Å². The summed E-state index contributed by atoms with van der Waals surface area (Å²) < 4.78 is 5.69. The molecule has 0 atom stereocenters. The van der Waals surface area contributed by atoms with E-state index in [-0.39, 0.29) is 0 Å². The Hall–Kier alpha value is -0.0831. The Balaban J connectivity index is 3.56. The zero-order valence-corrected chi connectivity index (χ0v) is 10.6. The van der Waals surface area contributed by atoms with Crippen molar-refractivity contribution in [1.29, 1.82) is 0 Å². The molecule has 0 rings (SSSR count). The first-order valence-electron chi connectivity index (χ1n) is 5.44. The lowest BCUT2D eigenvalue weighted by atomic mass is 10.2. The van der Waals surface area contributed by atoms with Gasteiger partial charge in [0.2, 0.25) is 8.32 Å². The van der Waals surface area contributed by atoms with Crippen LogP contribution in [0.15, 0.2) is 11.8 Å². The van der Waals surface area contributed by atoms with Gasteiger partial charge in [-0.05, 0) is 32.9 Å². The molecule has 0 N–H and O–H groups in total. The van der Waals surface area contributed by atoms with Crippen LogP contribution in [0.25, 0.3) is 0 Å². The van der Waals surface area contributed by atoms with Crippen molar-refractivity contribution in [1.82, 2.24) is 0 Å². The molecule has 0 aromatic heterocycles. The van der Waals surface area contributed by atoms with Crippen molar-refractivity contribution in [2.24, 2.45) is 0 Å². The van der Waals surface area contributed by atoms with E-state index in [4.69, 9.17) is 4.43 Å². The van der Waals surface area contributed by atoms with Gasteiger partial charge >= 0.3 is 0 Å². The first-order valence-corrected chi connectivity index (χ1v) is 8.42. The zero-order chi connectivity index (χ0) is 10.2. The Labute approximate surface area is 84.3 Å². The normalized spacial score (nSPS) is 12.6. The van der Waals surface area contributed by atoms with E-state index < -0.39 is 8.32 Å². The van der Waals surface area contributed by atoms with Crippen molar-refractivity contribution in [3.63, 3.8) is 0 Å². The van der Waals surface area contributed by atoms with Crippen LogP contribution in [0, 0.1) is 0 Å². The molecule has 0 amide bonds. The van der Waals surface area contributed by atoms with Gasteiger partial charge in [0, 0.05) is 6.61 Å². The minimum Gasteiger partial charge on any atom is -0.414 e. The standard InChI is InChI=1S/C11H24OSi/c1-5-7-8-9-10-11-13(3,4)12-6-2/h10-11H,5-9H2,1-4H3/b11-10+. The molecule has 0 spiro atoms. The van der Waals surface area contributed by atoms with E-state index in [1.54, 1.807) is 0 Å². The second-order valence-electron chi connectivity index (χ2n) is 3.93. The highest BCUT2D eigenvalue weighted by Gasteiger charge is 2.16. The number of rotatable bonds is 7. The fourth-order valence-electron chi connectivity index (χ4n) is 1.30. The third kappa shape index (κ3) is 8.25. The molecule has 0 aromatic carbocycles. The van der Waals surface area contributed by atoms with Crippen LogP contribution in [0.1, 0.15) is 39.5 Å². The number of unbranched alkanes of at least 4 members (excludes halogenated alkanes) is 3. The summed E-state index contributed by atoms with van der Waals surface area (Å²) in [7, 11) is -1.44.